The highest BCUT2D eigenvalue weighted by molar-refractivity contribution is 9.10. The molecule has 1 aromatic carbocycles. The van der Waals surface area contributed by atoms with Crippen molar-refractivity contribution in [3.05, 3.63) is 34.3 Å². The van der Waals surface area contributed by atoms with Gasteiger partial charge in [-0.2, -0.15) is 0 Å². The van der Waals surface area contributed by atoms with E-state index < -0.39 is 0 Å². The van der Waals surface area contributed by atoms with E-state index in [-0.39, 0.29) is 0 Å². The van der Waals surface area contributed by atoms with Crippen molar-refractivity contribution in [2.24, 2.45) is 0 Å². The molecule has 1 aromatic rings. The van der Waals surface area contributed by atoms with Gasteiger partial charge in [0.1, 0.15) is 0 Å². The maximum atomic E-state index is 3.73. The van der Waals surface area contributed by atoms with Crippen LogP contribution in [0.1, 0.15) is 25.3 Å². The number of rotatable bonds is 4. The van der Waals surface area contributed by atoms with Crippen molar-refractivity contribution >= 4 is 15.9 Å². The Morgan fingerprint density at radius 1 is 1.29 bits per heavy atom. The molecule has 94 valence electrons. The smallest absolute Gasteiger partial charge is 0.0175 e. The van der Waals surface area contributed by atoms with Gasteiger partial charge >= 0.3 is 0 Å². The third kappa shape index (κ3) is 4.41. The summed E-state index contributed by atoms with van der Waals surface area (Å²) in [6, 6.07) is 9.88. The van der Waals surface area contributed by atoms with Crippen LogP contribution in [-0.2, 0) is 6.42 Å². The van der Waals surface area contributed by atoms with Gasteiger partial charge in [0.25, 0.3) is 0 Å². The third-order valence-corrected chi connectivity index (χ3v) is 3.84. The predicted molar refractivity (Wildman–Crippen MR) is 76.3 cm³/mol. The molecular formula is C14H21BrN2. The molecule has 1 aliphatic rings. The SMILES string of the molecule is CC(Cc1ccc(Br)cc1)NC1CCNCC1. The minimum atomic E-state index is 0.555. The third-order valence-electron chi connectivity index (χ3n) is 3.31. The van der Waals surface area contributed by atoms with Crippen LogP contribution in [0.2, 0.25) is 0 Å². The van der Waals surface area contributed by atoms with Gasteiger partial charge in [-0.1, -0.05) is 28.1 Å². The molecule has 1 unspecified atom stereocenters. The lowest BCUT2D eigenvalue weighted by Crippen LogP contribution is -2.44. The number of halogens is 1. The van der Waals surface area contributed by atoms with Crippen LogP contribution in [0.4, 0.5) is 0 Å². The summed E-state index contributed by atoms with van der Waals surface area (Å²) in [5.74, 6) is 0. The Kier molecular flexibility index (Phi) is 5.01. The van der Waals surface area contributed by atoms with Gasteiger partial charge in [-0.3, -0.25) is 0 Å². The lowest BCUT2D eigenvalue weighted by molar-refractivity contribution is 0.355. The molecular weight excluding hydrogens is 276 g/mol. The Morgan fingerprint density at radius 3 is 2.59 bits per heavy atom. The number of hydrogen-bond acceptors (Lipinski definition) is 2. The highest BCUT2D eigenvalue weighted by atomic mass is 79.9. The summed E-state index contributed by atoms with van der Waals surface area (Å²) < 4.78 is 1.15. The topological polar surface area (TPSA) is 24.1 Å². The van der Waals surface area contributed by atoms with E-state index in [0.717, 1.165) is 24.0 Å². The molecule has 1 atom stereocenters. The zero-order chi connectivity index (χ0) is 12.1. The summed E-state index contributed by atoms with van der Waals surface area (Å²) in [4.78, 5) is 0. The molecule has 1 heterocycles. The fraction of sp³-hybridized carbons (Fsp3) is 0.571. The summed E-state index contributed by atoms with van der Waals surface area (Å²) in [7, 11) is 0. The highest BCUT2D eigenvalue weighted by Gasteiger charge is 2.14. The summed E-state index contributed by atoms with van der Waals surface area (Å²) in [6.45, 7) is 4.59. The van der Waals surface area contributed by atoms with Crippen LogP contribution in [0.25, 0.3) is 0 Å². The average molecular weight is 297 g/mol. The molecule has 1 aliphatic heterocycles. The molecule has 0 spiro atoms. The molecule has 0 bridgehead atoms. The lowest BCUT2D eigenvalue weighted by Gasteiger charge is -2.27. The lowest BCUT2D eigenvalue weighted by atomic mass is 10.0. The first kappa shape index (κ1) is 13.1. The van der Waals surface area contributed by atoms with Gasteiger partial charge in [0, 0.05) is 16.6 Å². The van der Waals surface area contributed by atoms with Crippen molar-refractivity contribution in [1.29, 1.82) is 0 Å². The molecule has 2 rings (SSSR count). The summed E-state index contributed by atoms with van der Waals surface area (Å²) in [5, 5.41) is 7.13. The Morgan fingerprint density at radius 2 is 1.94 bits per heavy atom. The number of hydrogen-bond donors (Lipinski definition) is 2. The molecule has 0 radical (unpaired) electrons. The summed E-state index contributed by atoms with van der Waals surface area (Å²) >= 11 is 3.47. The quantitative estimate of drug-likeness (QED) is 0.893. The maximum Gasteiger partial charge on any atom is 0.0175 e. The van der Waals surface area contributed by atoms with Crippen LogP contribution in [-0.4, -0.2) is 25.2 Å². The Hall–Kier alpha value is -0.380. The predicted octanol–water partition coefficient (Wildman–Crippen LogP) is 2.72. The Bertz CT molecular complexity index is 331. The van der Waals surface area contributed by atoms with Gasteiger partial charge < -0.3 is 10.6 Å². The largest absolute Gasteiger partial charge is 0.317 e. The van der Waals surface area contributed by atoms with Crippen LogP contribution >= 0.6 is 15.9 Å². The molecule has 0 aromatic heterocycles. The molecule has 1 saturated heterocycles. The first-order valence-electron chi connectivity index (χ1n) is 6.45. The normalized spacial score (nSPS) is 19.2. The second-order valence-electron chi connectivity index (χ2n) is 4.92. The van der Waals surface area contributed by atoms with E-state index in [1.165, 1.54) is 18.4 Å². The van der Waals surface area contributed by atoms with Gasteiger partial charge in [0.05, 0.1) is 0 Å². The first-order valence-corrected chi connectivity index (χ1v) is 7.24. The van der Waals surface area contributed by atoms with Gasteiger partial charge in [-0.05, 0) is 57.0 Å². The van der Waals surface area contributed by atoms with Crippen molar-refractivity contribution in [1.82, 2.24) is 10.6 Å². The maximum absolute atomic E-state index is 3.73. The Labute approximate surface area is 112 Å². The second-order valence-corrected chi connectivity index (χ2v) is 5.84. The molecule has 1 fully saturated rings. The molecule has 0 aliphatic carbocycles. The van der Waals surface area contributed by atoms with E-state index >= 15 is 0 Å². The van der Waals surface area contributed by atoms with Crippen LogP contribution in [0, 0.1) is 0 Å². The van der Waals surface area contributed by atoms with Crippen LogP contribution in [0.3, 0.4) is 0 Å². The van der Waals surface area contributed by atoms with Crippen LogP contribution < -0.4 is 10.6 Å². The minimum Gasteiger partial charge on any atom is -0.317 e. The van der Waals surface area contributed by atoms with Crippen LogP contribution in [0.15, 0.2) is 28.7 Å². The first-order chi connectivity index (χ1) is 8.24. The van der Waals surface area contributed by atoms with Crippen molar-refractivity contribution in [2.75, 3.05) is 13.1 Å². The molecule has 0 amide bonds. The van der Waals surface area contributed by atoms with E-state index in [0.29, 0.717) is 12.1 Å². The fourth-order valence-corrected chi connectivity index (χ4v) is 2.69. The van der Waals surface area contributed by atoms with E-state index in [1.54, 1.807) is 0 Å². The van der Waals surface area contributed by atoms with E-state index in [9.17, 15) is 0 Å². The molecule has 0 saturated carbocycles. The zero-order valence-electron chi connectivity index (χ0n) is 10.4. The summed E-state index contributed by atoms with van der Waals surface area (Å²) in [5.41, 5.74) is 1.40. The number of piperidine rings is 1. The van der Waals surface area contributed by atoms with Crippen molar-refractivity contribution in [2.45, 2.75) is 38.3 Å². The van der Waals surface area contributed by atoms with E-state index in [2.05, 4.69) is 57.8 Å². The Balaban J connectivity index is 1.79. The highest BCUT2D eigenvalue weighted by Crippen LogP contribution is 2.12. The van der Waals surface area contributed by atoms with Crippen molar-refractivity contribution in [3.63, 3.8) is 0 Å². The monoisotopic (exact) mass is 296 g/mol. The molecule has 2 nitrogen and oxygen atoms in total. The number of benzene rings is 1. The second kappa shape index (κ2) is 6.53. The zero-order valence-corrected chi connectivity index (χ0v) is 12.0. The molecule has 2 N–H and O–H groups in total. The summed E-state index contributed by atoms with van der Waals surface area (Å²) in [6.07, 6.45) is 3.62. The van der Waals surface area contributed by atoms with Crippen molar-refractivity contribution < 1.29 is 0 Å². The number of nitrogens with one attached hydrogen (secondary N) is 2. The van der Waals surface area contributed by atoms with Crippen LogP contribution in [0.5, 0.6) is 0 Å². The molecule has 17 heavy (non-hydrogen) atoms. The van der Waals surface area contributed by atoms with Gasteiger partial charge in [-0.15, -0.1) is 0 Å². The van der Waals surface area contributed by atoms with Crippen molar-refractivity contribution in [3.8, 4) is 0 Å². The van der Waals surface area contributed by atoms with E-state index in [1.807, 2.05) is 0 Å². The van der Waals surface area contributed by atoms with Gasteiger partial charge in [0.15, 0.2) is 0 Å². The standard InChI is InChI=1S/C14H21BrN2/c1-11(17-14-6-8-16-9-7-14)10-12-2-4-13(15)5-3-12/h2-5,11,14,16-17H,6-10H2,1H3. The van der Waals surface area contributed by atoms with E-state index in [4.69, 9.17) is 0 Å². The fourth-order valence-electron chi connectivity index (χ4n) is 2.42. The van der Waals surface area contributed by atoms with Gasteiger partial charge in [0.2, 0.25) is 0 Å². The van der Waals surface area contributed by atoms with Gasteiger partial charge in [-0.25, -0.2) is 0 Å². The minimum absolute atomic E-state index is 0.555. The molecule has 3 heteroatoms. The average Bonchev–Trinajstić information content (AvgIpc) is 2.33.